The Morgan fingerprint density at radius 2 is 2.31 bits per heavy atom. The molecule has 0 atom stereocenters. The van der Waals surface area contributed by atoms with E-state index in [1.54, 1.807) is 6.07 Å². The predicted octanol–water partition coefficient (Wildman–Crippen LogP) is 1.70. The van der Waals surface area contributed by atoms with Gasteiger partial charge in [-0.05, 0) is 30.7 Å². The van der Waals surface area contributed by atoms with Crippen LogP contribution in [-0.2, 0) is 9.53 Å². The zero-order valence-corrected chi connectivity index (χ0v) is 10.6. The first-order chi connectivity index (χ1) is 7.63. The van der Waals surface area contributed by atoms with Crippen LogP contribution in [0.1, 0.15) is 5.56 Å². The number of carbonyl (C=O) groups is 1. The Kier molecular flexibility index (Phi) is 5.45. The molecule has 0 saturated carbocycles. The first-order valence-corrected chi connectivity index (χ1v) is 5.67. The van der Waals surface area contributed by atoms with Gasteiger partial charge in [0.15, 0.2) is 0 Å². The standard InChI is InChI=1S/C11H14BrNO3/c1-8-6-9(2-3-10(8)12)13-11(15)7-16-5-4-14/h2-3,6,14H,4-5,7H2,1H3,(H,13,15). The molecule has 0 radical (unpaired) electrons. The van der Waals surface area contributed by atoms with Gasteiger partial charge in [0.25, 0.3) is 0 Å². The number of benzene rings is 1. The van der Waals surface area contributed by atoms with E-state index >= 15 is 0 Å². The highest BCUT2D eigenvalue weighted by molar-refractivity contribution is 9.10. The van der Waals surface area contributed by atoms with Gasteiger partial charge in [-0.25, -0.2) is 0 Å². The van der Waals surface area contributed by atoms with Crippen LogP contribution in [0.5, 0.6) is 0 Å². The second-order valence-electron chi connectivity index (χ2n) is 3.29. The molecule has 0 bridgehead atoms. The second kappa shape index (κ2) is 6.62. The average molecular weight is 288 g/mol. The minimum absolute atomic E-state index is 0.0460. The number of aliphatic hydroxyl groups is 1. The third kappa shape index (κ3) is 4.30. The predicted molar refractivity (Wildman–Crippen MR) is 65.4 cm³/mol. The fourth-order valence-electron chi connectivity index (χ4n) is 1.15. The molecule has 0 aliphatic heterocycles. The lowest BCUT2D eigenvalue weighted by Crippen LogP contribution is -2.19. The zero-order valence-electron chi connectivity index (χ0n) is 9.00. The number of rotatable bonds is 5. The monoisotopic (exact) mass is 287 g/mol. The van der Waals surface area contributed by atoms with Crippen LogP contribution in [0.4, 0.5) is 5.69 Å². The summed E-state index contributed by atoms with van der Waals surface area (Å²) in [5.41, 5.74) is 1.78. The smallest absolute Gasteiger partial charge is 0.250 e. The van der Waals surface area contributed by atoms with E-state index in [4.69, 9.17) is 9.84 Å². The van der Waals surface area contributed by atoms with Crippen LogP contribution in [0.25, 0.3) is 0 Å². The van der Waals surface area contributed by atoms with Crippen LogP contribution in [0, 0.1) is 6.92 Å². The van der Waals surface area contributed by atoms with Crippen molar-refractivity contribution in [2.24, 2.45) is 0 Å². The number of anilines is 1. The largest absolute Gasteiger partial charge is 0.394 e. The number of carbonyl (C=O) groups excluding carboxylic acids is 1. The Morgan fingerprint density at radius 1 is 1.56 bits per heavy atom. The quantitative estimate of drug-likeness (QED) is 0.811. The Bertz CT molecular complexity index is 368. The molecule has 0 aromatic heterocycles. The highest BCUT2D eigenvalue weighted by atomic mass is 79.9. The van der Waals surface area contributed by atoms with Crippen molar-refractivity contribution in [3.63, 3.8) is 0 Å². The molecule has 0 saturated heterocycles. The van der Waals surface area contributed by atoms with Gasteiger partial charge in [0.05, 0.1) is 13.2 Å². The van der Waals surface area contributed by atoms with Crippen molar-refractivity contribution < 1.29 is 14.6 Å². The second-order valence-corrected chi connectivity index (χ2v) is 4.14. The molecule has 0 aliphatic carbocycles. The molecule has 1 aromatic rings. The molecular weight excluding hydrogens is 274 g/mol. The van der Waals surface area contributed by atoms with Crippen LogP contribution in [0.2, 0.25) is 0 Å². The molecule has 1 rings (SSSR count). The van der Waals surface area contributed by atoms with Gasteiger partial charge in [-0.2, -0.15) is 0 Å². The van der Waals surface area contributed by atoms with Gasteiger partial charge in [0.1, 0.15) is 6.61 Å². The van der Waals surface area contributed by atoms with E-state index in [2.05, 4.69) is 21.2 Å². The van der Waals surface area contributed by atoms with Gasteiger partial charge in [0, 0.05) is 10.2 Å². The minimum Gasteiger partial charge on any atom is -0.394 e. The molecule has 1 aromatic carbocycles. The molecule has 0 spiro atoms. The topological polar surface area (TPSA) is 58.6 Å². The van der Waals surface area contributed by atoms with Crippen molar-refractivity contribution in [3.05, 3.63) is 28.2 Å². The third-order valence-electron chi connectivity index (χ3n) is 1.91. The van der Waals surface area contributed by atoms with Crippen LogP contribution < -0.4 is 5.32 Å². The summed E-state index contributed by atoms with van der Waals surface area (Å²) in [6, 6.07) is 5.55. The maximum atomic E-state index is 11.4. The molecule has 5 heteroatoms. The van der Waals surface area contributed by atoms with Crippen molar-refractivity contribution in [3.8, 4) is 0 Å². The van der Waals surface area contributed by atoms with E-state index in [1.165, 1.54) is 0 Å². The van der Waals surface area contributed by atoms with Gasteiger partial charge in [-0.3, -0.25) is 4.79 Å². The molecule has 0 unspecified atom stereocenters. The Balaban J connectivity index is 2.46. The highest BCUT2D eigenvalue weighted by Crippen LogP contribution is 2.19. The van der Waals surface area contributed by atoms with E-state index in [-0.39, 0.29) is 25.7 Å². The number of aliphatic hydroxyl groups excluding tert-OH is 1. The first kappa shape index (κ1) is 13.2. The lowest BCUT2D eigenvalue weighted by atomic mass is 10.2. The fraction of sp³-hybridized carbons (Fsp3) is 0.364. The summed E-state index contributed by atoms with van der Waals surface area (Å²) < 4.78 is 5.90. The van der Waals surface area contributed by atoms with E-state index in [0.717, 1.165) is 15.7 Å². The summed E-state index contributed by atoms with van der Waals surface area (Å²) in [5.74, 6) is -0.227. The Hall–Kier alpha value is -0.910. The molecule has 88 valence electrons. The summed E-state index contributed by atoms with van der Waals surface area (Å²) in [5, 5.41) is 11.2. The lowest BCUT2D eigenvalue weighted by molar-refractivity contribution is -0.120. The summed E-state index contributed by atoms with van der Waals surface area (Å²) in [6.07, 6.45) is 0. The maximum absolute atomic E-state index is 11.4. The third-order valence-corrected chi connectivity index (χ3v) is 2.80. The lowest BCUT2D eigenvalue weighted by Gasteiger charge is -2.07. The van der Waals surface area contributed by atoms with Gasteiger partial charge < -0.3 is 15.2 Å². The number of aryl methyl sites for hydroxylation is 1. The van der Waals surface area contributed by atoms with E-state index in [1.807, 2.05) is 19.1 Å². The SMILES string of the molecule is Cc1cc(NC(=O)COCCO)ccc1Br. The number of halogens is 1. The summed E-state index contributed by atoms with van der Waals surface area (Å²) >= 11 is 3.38. The first-order valence-electron chi connectivity index (χ1n) is 4.88. The molecule has 2 N–H and O–H groups in total. The van der Waals surface area contributed by atoms with Crippen LogP contribution in [-0.4, -0.2) is 30.8 Å². The number of hydrogen-bond acceptors (Lipinski definition) is 3. The average Bonchev–Trinajstić information content (AvgIpc) is 2.24. The Morgan fingerprint density at radius 3 is 2.94 bits per heavy atom. The van der Waals surface area contributed by atoms with Gasteiger partial charge >= 0.3 is 0 Å². The summed E-state index contributed by atoms with van der Waals surface area (Å²) in [7, 11) is 0. The highest BCUT2D eigenvalue weighted by Gasteiger charge is 2.03. The summed E-state index contributed by atoms with van der Waals surface area (Å²) in [4.78, 5) is 11.4. The molecule has 0 aliphatic rings. The molecule has 4 nitrogen and oxygen atoms in total. The van der Waals surface area contributed by atoms with Crippen molar-refractivity contribution in [1.82, 2.24) is 0 Å². The fourth-order valence-corrected chi connectivity index (χ4v) is 1.40. The number of amides is 1. The van der Waals surface area contributed by atoms with Crippen LogP contribution in [0.15, 0.2) is 22.7 Å². The normalized spacial score (nSPS) is 10.2. The van der Waals surface area contributed by atoms with Gasteiger partial charge in [-0.15, -0.1) is 0 Å². The molecular formula is C11H14BrNO3. The molecule has 0 fully saturated rings. The van der Waals surface area contributed by atoms with Gasteiger partial charge in [-0.1, -0.05) is 15.9 Å². The Labute approximate surface area is 103 Å². The summed E-state index contributed by atoms with van der Waals surface area (Å²) in [6.45, 7) is 2.00. The van der Waals surface area contributed by atoms with Crippen molar-refractivity contribution >= 4 is 27.5 Å². The molecule has 0 heterocycles. The van der Waals surface area contributed by atoms with E-state index in [0.29, 0.717) is 0 Å². The zero-order chi connectivity index (χ0) is 12.0. The minimum atomic E-state index is -0.227. The van der Waals surface area contributed by atoms with E-state index in [9.17, 15) is 4.79 Å². The molecule has 16 heavy (non-hydrogen) atoms. The van der Waals surface area contributed by atoms with Crippen molar-refractivity contribution in [2.75, 3.05) is 25.1 Å². The number of ether oxygens (including phenoxy) is 1. The van der Waals surface area contributed by atoms with Crippen LogP contribution >= 0.6 is 15.9 Å². The van der Waals surface area contributed by atoms with Crippen LogP contribution in [0.3, 0.4) is 0 Å². The van der Waals surface area contributed by atoms with Gasteiger partial charge in [0.2, 0.25) is 5.91 Å². The maximum Gasteiger partial charge on any atom is 0.250 e. The van der Waals surface area contributed by atoms with Crippen molar-refractivity contribution in [1.29, 1.82) is 0 Å². The molecule has 1 amide bonds. The number of nitrogens with one attached hydrogen (secondary N) is 1. The van der Waals surface area contributed by atoms with E-state index < -0.39 is 0 Å². The van der Waals surface area contributed by atoms with Crippen molar-refractivity contribution in [2.45, 2.75) is 6.92 Å². The number of hydrogen-bond donors (Lipinski definition) is 2.